The van der Waals surface area contributed by atoms with Gasteiger partial charge in [-0.15, -0.1) is 0 Å². The summed E-state index contributed by atoms with van der Waals surface area (Å²) < 4.78 is 5.45. The van der Waals surface area contributed by atoms with Crippen molar-refractivity contribution >= 4 is 5.69 Å². The first-order chi connectivity index (χ1) is 8.09. The van der Waals surface area contributed by atoms with Crippen LogP contribution >= 0.6 is 0 Å². The summed E-state index contributed by atoms with van der Waals surface area (Å²) in [5.74, 6) is 0.709. The number of benzene rings is 1. The van der Waals surface area contributed by atoms with E-state index in [2.05, 4.69) is 13.8 Å². The molecule has 96 valence electrons. The van der Waals surface area contributed by atoms with E-state index < -0.39 is 6.10 Å². The molecule has 1 rings (SSSR count). The van der Waals surface area contributed by atoms with Gasteiger partial charge in [0.1, 0.15) is 6.10 Å². The molecule has 0 aliphatic heterocycles. The first-order valence-corrected chi connectivity index (χ1v) is 6.21. The van der Waals surface area contributed by atoms with Crippen molar-refractivity contribution in [3.8, 4) is 0 Å². The fraction of sp³-hybridized carbons (Fsp3) is 0.571. The highest BCUT2D eigenvalue weighted by Gasteiger charge is 2.07. The summed E-state index contributed by atoms with van der Waals surface area (Å²) in [5.41, 5.74) is 7.14. The van der Waals surface area contributed by atoms with Crippen LogP contribution in [0.4, 0.5) is 5.69 Å². The van der Waals surface area contributed by atoms with Gasteiger partial charge in [-0.3, -0.25) is 0 Å². The van der Waals surface area contributed by atoms with Crippen LogP contribution in [0.5, 0.6) is 0 Å². The van der Waals surface area contributed by atoms with Gasteiger partial charge in [-0.05, 0) is 36.5 Å². The van der Waals surface area contributed by atoms with Crippen molar-refractivity contribution in [3.63, 3.8) is 0 Å². The van der Waals surface area contributed by atoms with Crippen LogP contribution in [0.15, 0.2) is 24.3 Å². The highest BCUT2D eigenvalue weighted by atomic mass is 16.5. The van der Waals surface area contributed by atoms with Crippen LogP contribution in [0.25, 0.3) is 0 Å². The molecule has 0 amide bonds. The molecule has 3 nitrogen and oxygen atoms in total. The van der Waals surface area contributed by atoms with E-state index in [4.69, 9.17) is 10.5 Å². The van der Waals surface area contributed by atoms with E-state index in [1.54, 1.807) is 12.1 Å². The summed E-state index contributed by atoms with van der Waals surface area (Å²) in [6, 6.07) is 7.24. The molecule has 3 heteroatoms. The Bertz CT molecular complexity index is 309. The Kier molecular flexibility index (Phi) is 6.01. The van der Waals surface area contributed by atoms with Gasteiger partial charge in [0.05, 0.1) is 6.61 Å². The summed E-state index contributed by atoms with van der Waals surface area (Å²) >= 11 is 0. The first-order valence-electron chi connectivity index (χ1n) is 6.21. The number of anilines is 1. The van der Waals surface area contributed by atoms with E-state index in [9.17, 15) is 5.11 Å². The third-order valence-corrected chi connectivity index (χ3v) is 2.67. The molecule has 1 atom stereocenters. The molecule has 1 unspecified atom stereocenters. The van der Waals surface area contributed by atoms with Crippen LogP contribution in [-0.2, 0) is 4.74 Å². The van der Waals surface area contributed by atoms with Gasteiger partial charge in [-0.2, -0.15) is 0 Å². The van der Waals surface area contributed by atoms with Crippen molar-refractivity contribution in [3.05, 3.63) is 29.8 Å². The van der Waals surface area contributed by atoms with Gasteiger partial charge >= 0.3 is 0 Å². The minimum Gasteiger partial charge on any atom is -0.399 e. The predicted molar refractivity (Wildman–Crippen MR) is 70.7 cm³/mol. The van der Waals surface area contributed by atoms with E-state index in [0.717, 1.165) is 18.4 Å². The van der Waals surface area contributed by atoms with Gasteiger partial charge < -0.3 is 15.6 Å². The van der Waals surface area contributed by atoms with Gasteiger partial charge in [-0.25, -0.2) is 0 Å². The van der Waals surface area contributed by atoms with E-state index >= 15 is 0 Å². The Morgan fingerprint density at radius 1 is 1.24 bits per heavy atom. The van der Waals surface area contributed by atoms with Crippen LogP contribution < -0.4 is 5.73 Å². The minimum absolute atomic E-state index is 0.349. The standard InChI is InChI=1S/C14H23NO2/c1-11(2)4-3-9-17-10-14(16)12-5-7-13(15)8-6-12/h5-8,11,14,16H,3-4,9-10,15H2,1-2H3. The van der Waals surface area contributed by atoms with Crippen LogP contribution in [-0.4, -0.2) is 18.3 Å². The van der Waals surface area contributed by atoms with Gasteiger partial charge in [0, 0.05) is 12.3 Å². The zero-order valence-corrected chi connectivity index (χ0v) is 10.7. The monoisotopic (exact) mass is 237 g/mol. The number of aliphatic hydroxyl groups is 1. The SMILES string of the molecule is CC(C)CCCOCC(O)c1ccc(N)cc1. The first kappa shape index (κ1) is 14.0. The van der Waals surface area contributed by atoms with Crippen LogP contribution in [0.2, 0.25) is 0 Å². The van der Waals surface area contributed by atoms with Crippen molar-refractivity contribution < 1.29 is 9.84 Å². The lowest BCUT2D eigenvalue weighted by Crippen LogP contribution is -2.08. The Labute approximate surface area is 104 Å². The maximum atomic E-state index is 9.85. The van der Waals surface area contributed by atoms with E-state index in [0.29, 0.717) is 24.8 Å². The van der Waals surface area contributed by atoms with Crippen molar-refractivity contribution in [1.82, 2.24) is 0 Å². The van der Waals surface area contributed by atoms with Gasteiger partial charge in [0.15, 0.2) is 0 Å². The molecular weight excluding hydrogens is 214 g/mol. The number of nitrogens with two attached hydrogens (primary N) is 1. The quantitative estimate of drug-likeness (QED) is 0.566. The number of aliphatic hydroxyl groups excluding tert-OH is 1. The summed E-state index contributed by atoms with van der Waals surface area (Å²) in [6.45, 7) is 5.46. The zero-order chi connectivity index (χ0) is 12.7. The topological polar surface area (TPSA) is 55.5 Å². The lowest BCUT2D eigenvalue weighted by molar-refractivity contribution is 0.0338. The Hall–Kier alpha value is -1.06. The van der Waals surface area contributed by atoms with Gasteiger partial charge in [0.25, 0.3) is 0 Å². The average molecular weight is 237 g/mol. The summed E-state index contributed by atoms with van der Waals surface area (Å²) in [6.07, 6.45) is 1.65. The minimum atomic E-state index is -0.561. The maximum Gasteiger partial charge on any atom is 0.102 e. The molecule has 1 aromatic carbocycles. The highest BCUT2D eigenvalue weighted by molar-refractivity contribution is 5.39. The fourth-order valence-electron chi connectivity index (χ4n) is 1.60. The summed E-state index contributed by atoms with van der Waals surface area (Å²) in [5, 5.41) is 9.85. The molecule has 1 aromatic rings. The number of rotatable bonds is 7. The van der Waals surface area contributed by atoms with Crippen molar-refractivity contribution in [1.29, 1.82) is 0 Å². The van der Waals surface area contributed by atoms with Gasteiger partial charge in [-0.1, -0.05) is 26.0 Å². The molecular formula is C14H23NO2. The van der Waals surface area contributed by atoms with Crippen LogP contribution in [0, 0.1) is 5.92 Å². The number of nitrogen functional groups attached to an aromatic ring is 1. The highest BCUT2D eigenvalue weighted by Crippen LogP contribution is 2.15. The molecule has 0 aliphatic carbocycles. The number of hydrogen-bond donors (Lipinski definition) is 2. The predicted octanol–water partition coefficient (Wildman–Crippen LogP) is 2.75. The number of hydrogen-bond acceptors (Lipinski definition) is 3. The molecule has 0 bridgehead atoms. The second-order valence-corrected chi connectivity index (χ2v) is 4.79. The lowest BCUT2D eigenvalue weighted by Gasteiger charge is -2.12. The number of ether oxygens (including phenoxy) is 1. The second kappa shape index (κ2) is 7.30. The molecule has 0 radical (unpaired) electrons. The lowest BCUT2D eigenvalue weighted by atomic mass is 10.1. The molecule has 0 heterocycles. The van der Waals surface area contributed by atoms with Crippen molar-refractivity contribution in [2.75, 3.05) is 18.9 Å². The smallest absolute Gasteiger partial charge is 0.102 e. The molecule has 0 saturated heterocycles. The Balaban J connectivity index is 2.21. The van der Waals surface area contributed by atoms with E-state index in [-0.39, 0.29) is 0 Å². The molecule has 3 N–H and O–H groups in total. The molecule has 0 saturated carbocycles. The van der Waals surface area contributed by atoms with Gasteiger partial charge in [0.2, 0.25) is 0 Å². The Morgan fingerprint density at radius 2 is 1.88 bits per heavy atom. The van der Waals surface area contributed by atoms with E-state index in [1.165, 1.54) is 0 Å². The van der Waals surface area contributed by atoms with Crippen LogP contribution in [0.3, 0.4) is 0 Å². The molecule has 0 fully saturated rings. The molecule has 0 spiro atoms. The maximum absolute atomic E-state index is 9.85. The normalized spacial score (nSPS) is 12.9. The van der Waals surface area contributed by atoms with Crippen molar-refractivity contribution in [2.24, 2.45) is 5.92 Å². The largest absolute Gasteiger partial charge is 0.399 e. The fourth-order valence-corrected chi connectivity index (χ4v) is 1.60. The van der Waals surface area contributed by atoms with E-state index in [1.807, 2.05) is 12.1 Å². The third-order valence-electron chi connectivity index (χ3n) is 2.67. The zero-order valence-electron chi connectivity index (χ0n) is 10.7. The average Bonchev–Trinajstić information content (AvgIpc) is 2.29. The molecule has 0 aromatic heterocycles. The summed E-state index contributed by atoms with van der Waals surface area (Å²) in [7, 11) is 0. The Morgan fingerprint density at radius 3 is 2.47 bits per heavy atom. The van der Waals surface area contributed by atoms with Crippen LogP contribution in [0.1, 0.15) is 38.4 Å². The third kappa shape index (κ3) is 5.71. The summed E-state index contributed by atoms with van der Waals surface area (Å²) in [4.78, 5) is 0. The van der Waals surface area contributed by atoms with Crippen molar-refractivity contribution in [2.45, 2.75) is 32.8 Å². The molecule has 17 heavy (non-hydrogen) atoms. The molecule has 0 aliphatic rings. The second-order valence-electron chi connectivity index (χ2n) is 4.79.